The number of hydrogen-bond acceptors (Lipinski definition) is 6. The van der Waals surface area contributed by atoms with Gasteiger partial charge in [-0.15, -0.1) is 0 Å². The molecule has 0 unspecified atom stereocenters. The van der Waals surface area contributed by atoms with Crippen LogP contribution in [-0.2, 0) is 9.47 Å². The molecule has 128 valence electrons. The minimum atomic E-state index is -0.763. The zero-order valence-electron chi connectivity index (χ0n) is 13.6. The molecule has 24 heavy (non-hydrogen) atoms. The van der Waals surface area contributed by atoms with Crippen molar-refractivity contribution < 1.29 is 19.1 Å². The van der Waals surface area contributed by atoms with Crippen LogP contribution < -0.4 is 0 Å². The first-order valence-corrected chi connectivity index (χ1v) is 8.03. The third-order valence-corrected chi connectivity index (χ3v) is 3.50. The smallest absolute Gasteiger partial charge is 0.359 e. The lowest BCUT2D eigenvalue weighted by molar-refractivity contribution is 0.0317. The van der Waals surface area contributed by atoms with E-state index in [1.807, 2.05) is 0 Å². The molecule has 0 aliphatic carbocycles. The topological polar surface area (TPSA) is 78.4 Å². The van der Waals surface area contributed by atoms with Crippen LogP contribution in [0, 0.1) is 0 Å². The van der Waals surface area contributed by atoms with Crippen LogP contribution in [0.2, 0.25) is 10.0 Å². The highest BCUT2D eigenvalue weighted by Crippen LogP contribution is 2.27. The Morgan fingerprint density at radius 1 is 0.833 bits per heavy atom. The van der Waals surface area contributed by atoms with Crippen LogP contribution in [0.5, 0.6) is 0 Å². The number of esters is 2. The third-order valence-electron chi connectivity index (χ3n) is 2.78. The molecule has 0 fully saturated rings. The van der Waals surface area contributed by atoms with Gasteiger partial charge >= 0.3 is 11.9 Å². The number of carbonyl (C=O) groups excluding carboxylic acids is 2. The van der Waals surface area contributed by atoms with Gasteiger partial charge in [0.2, 0.25) is 0 Å². The van der Waals surface area contributed by atoms with Crippen molar-refractivity contribution in [3.8, 4) is 0 Å². The maximum absolute atomic E-state index is 12.3. The fourth-order valence-electron chi connectivity index (χ4n) is 1.88. The molecular formula is C16H16Cl2N2O4. The molecule has 0 spiro atoms. The molecule has 0 atom stereocenters. The zero-order valence-corrected chi connectivity index (χ0v) is 15.1. The second-order valence-electron chi connectivity index (χ2n) is 5.58. The van der Waals surface area contributed by atoms with Gasteiger partial charge in [0.1, 0.15) is 0 Å². The Hall–Kier alpha value is -1.92. The number of benzene rings is 1. The van der Waals surface area contributed by atoms with Crippen LogP contribution in [0.15, 0.2) is 12.1 Å². The first kappa shape index (κ1) is 18.4. The predicted octanol–water partition coefficient (Wildman–Crippen LogP) is 4.07. The van der Waals surface area contributed by atoms with Crippen LogP contribution in [0.25, 0.3) is 11.0 Å². The van der Waals surface area contributed by atoms with Crippen LogP contribution in [0.1, 0.15) is 48.7 Å². The molecule has 0 aliphatic rings. The summed E-state index contributed by atoms with van der Waals surface area (Å²) in [4.78, 5) is 32.9. The van der Waals surface area contributed by atoms with Crippen molar-refractivity contribution in [2.45, 2.75) is 39.9 Å². The third kappa shape index (κ3) is 4.13. The number of nitrogens with zero attached hydrogens (tertiary/aromatic N) is 2. The number of aromatic nitrogens is 2. The molecule has 6 nitrogen and oxygen atoms in total. The molecule has 0 saturated heterocycles. The summed E-state index contributed by atoms with van der Waals surface area (Å²) < 4.78 is 10.3. The van der Waals surface area contributed by atoms with Crippen molar-refractivity contribution in [2.75, 3.05) is 0 Å². The molecule has 2 rings (SSSR count). The normalized spacial score (nSPS) is 11.2. The zero-order chi connectivity index (χ0) is 18.0. The average Bonchev–Trinajstić information content (AvgIpc) is 2.45. The summed E-state index contributed by atoms with van der Waals surface area (Å²) in [5.41, 5.74) is 0.197. The van der Waals surface area contributed by atoms with E-state index in [0.717, 1.165) is 0 Å². The van der Waals surface area contributed by atoms with E-state index in [4.69, 9.17) is 32.7 Å². The molecule has 2 aromatic rings. The predicted molar refractivity (Wildman–Crippen MR) is 90.7 cm³/mol. The number of rotatable bonds is 4. The van der Waals surface area contributed by atoms with Crippen LogP contribution in [0.3, 0.4) is 0 Å². The monoisotopic (exact) mass is 370 g/mol. The van der Waals surface area contributed by atoms with Crippen molar-refractivity contribution in [1.82, 2.24) is 9.97 Å². The molecule has 0 radical (unpaired) electrons. The molecule has 0 bridgehead atoms. The van der Waals surface area contributed by atoms with Crippen molar-refractivity contribution in [2.24, 2.45) is 0 Å². The average molecular weight is 371 g/mol. The van der Waals surface area contributed by atoms with Gasteiger partial charge < -0.3 is 9.47 Å². The lowest BCUT2D eigenvalue weighted by Gasteiger charge is -2.13. The van der Waals surface area contributed by atoms with Crippen molar-refractivity contribution in [3.63, 3.8) is 0 Å². The molecule has 0 amide bonds. The summed E-state index contributed by atoms with van der Waals surface area (Å²) in [7, 11) is 0. The van der Waals surface area contributed by atoms with Gasteiger partial charge in [0.15, 0.2) is 11.4 Å². The number of halogens is 2. The number of ether oxygens (including phenoxy) is 2. The second-order valence-corrected chi connectivity index (χ2v) is 6.40. The minimum Gasteiger partial charge on any atom is -0.458 e. The maximum atomic E-state index is 12.3. The van der Waals surface area contributed by atoms with E-state index in [9.17, 15) is 9.59 Å². The second kappa shape index (κ2) is 7.32. The molecule has 1 heterocycles. The highest BCUT2D eigenvalue weighted by Gasteiger charge is 2.26. The van der Waals surface area contributed by atoms with Gasteiger partial charge in [0.05, 0.1) is 33.3 Å². The molecule has 0 saturated carbocycles. The maximum Gasteiger partial charge on any atom is 0.359 e. The summed E-state index contributed by atoms with van der Waals surface area (Å²) in [6.07, 6.45) is -0.754. The Bertz CT molecular complexity index is 740. The van der Waals surface area contributed by atoms with Gasteiger partial charge in [-0.25, -0.2) is 19.6 Å². The van der Waals surface area contributed by atoms with E-state index in [1.165, 1.54) is 12.1 Å². The molecule has 0 N–H and O–H groups in total. The number of carbonyl (C=O) groups is 2. The molecule has 8 heteroatoms. The highest BCUT2D eigenvalue weighted by atomic mass is 35.5. The largest absolute Gasteiger partial charge is 0.458 e. The summed E-state index contributed by atoms with van der Waals surface area (Å²) in [5, 5.41) is 0.526. The summed E-state index contributed by atoms with van der Waals surface area (Å²) in [5.74, 6) is -1.53. The Labute approximate surface area is 149 Å². The van der Waals surface area contributed by atoms with Crippen LogP contribution in [0.4, 0.5) is 0 Å². The van der Waals surface area contributed by atoms with E-state index in [2.05, 4.69) is 9.97 Å². The SMILES string of the molecule is CC(C)OC(=O)c1nc2cc(Cl)c(Cl)cc2nc1C(=O)OC(C)C. The molecule has 0 aliphatic heterocycles. The molecule has 1 aromatic heterocycles. The first-order valence-electron chi connectivity index (χ1n) is 7.27. The Morgan fingerprint density at radius 2 is 1.17 bits per heavy atom. The lowest BCUT2D eigenvalue weighted by atomic mass is 10.2. The first-order chi connectivity index (χ1) is 11.2. The van der Waals surface area contributed by atoms with E-state index in [-0.39, 0.29) is 33.6 Å². The van der Waals surface area contributed by atoms with E-state index in [1.54, 1.807) is 27.7 Å². The molecule has 1 aromatic carbocycles. The van der Waals surface area contributed by atoms with E-state index >= 15 is 0 Å². The summed E-state index contributed by atoms with van der Waals surface area (Å²) >= 11 is 11.9. The Kier molecular flexibility index (Phi) is 5.62. The Morgan fingerprint density at radius 3 is 1.46 bits per heavy atom. The highest BCUT2D eigenvalue weighted by molar-refractivity contribution is 6.42. The molecular weight excluding hydrogens is 355 g/mol. The van der Waals surface area contributed by atoms with Gasteiger partial charge in [-0.1, -0.05) is 23.2 Å². The quantitative estimate of drug-likeness (QED) is 0.754. The van der Waals surface area contributed by atoms with Gasteiger partial charge in [0.25, 0.3) is 0 Å². The van der Waals surface area contributed by atoms with Gasteiger partial charge in [-0.05, 0) is 39.8 Å². The summed E-state index contributed by atoms with van der Waals surface area (Å²) in [6.45, 7) is 6.76. The number of fused-ring (bicyclic) bond motifs is 1. The van der Waals surface area contributed by atoms with Crippen molar-refractivity contribution >= 4 is 46.2 Å². The van der Waals surface area contributed by atoms with E-state index < -0.39 is 11.9 Å². The minimum absolute atomic E-state index is 0.222. The summed E-state index contributed by atoms with van der Waals surface area (Å²) in [6, 6.07) is 2.94. The van der Waals surface area contributed by atoms with Crippen LogP contribution in [-0.4, -0.2) is 34.1 Å². The van der Waals surface area contributed by atoms with Crippen molar-refractivity contribution in [3.05, 3.63) is 33.6 Å². The van der Waals surface area contributed by atoms with Gasteiger partial charge in [-0.2, -0.15) is 0 Å². The van der Waals surface area contributed by atoms with Crippen molar-refractivity contribution in [1.29, 1.82) is 0 Å². The standard InChI is InChI=1S/C16H16Cl2N2O4/c1-7(2)23-15(21)13-14(16(22)24-8(3)4)20-12-6-10(18)9(17)5-11(12)19-13/h5-8H,1-4H3. The fraction of sp³-hybridized carbons (Fsp3) is 0.375. The van der Waals surface area contributed by atoms with Gasteiger partial charge in [-0.3, -0.25) is 0 Å². The van der Waals surface area contributed by atoms with E-state index in [0.29, 0.717) is 11.0 Å². The Balaban J connectivity index is 2.63. The number of hydrogen-bond donors (Lipinski definition) is 0. The fourth-order valence-corrected chi connectivity index (χ4v) is 2.19. The lowest BCUT2D eigenvalue weighted by Crippen LogP contribution is -2.21. The van der Waals surface area contributed by atoms with Gasteiger partial charge in [0, 0.05) is 0 Å². The van der Waals surface area contributed by atoms with Crippen LogP contribution >= 0.6 is 23.2 Å².